The van der Waals surface area contributed by atoms with Crippen LogP contribution >= 0.6 is 0 Å². The summed E-state index contributed by atoms with van der Waals surface area (Å²) in [5.74, 6) is -2.53. The molecule has 5 nitrogen and oxygen atoms in total. The van der Waals surface area contributed by atoms with Crippen LogP contribution < -0.4 is 10.6 Å². The third-order valence-electron chi connectivity index (χ3n) is 3.89. The molecule has 0 aliphatic heterocycles. The van der Waals surface area contributed by atoms with Crippen molar-refractivity contribution in [3.63, 3.8) is 0 Å². The molecule has 0 heterocycles. The second-order valence-corrected chi connectivity index (χ2v) is 5.92. The summed E-state index contributed by atoms with van der Waals surface area (Å²) in [5.41, 5.74) is -3.08. The highest BCUT2D eigenvalue weighted by atomic mass is 19.4. The molecule has 0 bridgehead atoms. The first-order valence-corrected chi connectivity index (χ1v) is 8.26. The van der Waals surface area contributed by atoms with Gasteiger partial charge < -0.3 is 15.4 Å². The average molecular weight is 398 g/mol. The van der Waals surface area contributed by atoms with Gasteiger partial charge in [-0.15, -0.1) is 0 Å². The van der Waals surface area contributed by atoms with E-state index in [9.17, 15) is 27.2 Å². The highest BCUT2D eigenvalue weighted by Gasteiger charge is 2.64. The van der Waals surface area contributed by atoms with E-state index in [2.05, 4.69) is 10.1 Å². The Labute approximate surface area is 158 Å². The molecule has 0 unspecified atom stereocenters. The largest absolute Gasteiger partial charge is 0.464 e. The first kappa shape index (κ1) is 21.2. The number of urea groups is 1. The number of rotatable bonds is 5. The van der Waals surface area contributed by atoms with Gasteiger partial charge in [0.1, 0.15) is 5.82 Å². The molecule has 0 fully saturated rings. The van der Waals surface area contributed by atoms with E-state index in [0.29, 0.717) is 0 Å². The van der Waals surface area contributed by atoms with Gasteiger partial charge in [0.2, 0.25) is 0 Å². The van der Waals surface area contributed by atoms with Gasteiger partial charge in [0.15, 0.2) is 0 Å². The van der Waals surface area contributed by atoms with Crippen LogP contribution in [0, 0.1) is 12.7 Å². The highest BCUT2D eigenvalue weighted by Crippen LogP contribution is 2.40. The van der Waals surface area contributed by atoms with Crippen molar-refractivity contribution in [2.24, 2.45) is 0 Å². The summed E-state index contributed by atoms with van der Waals surface area (Å²) in [6.45, 7) is 2.78. The quantitative estimate of drug-likeness (QED) is 0.584. The van der Waals surface area contributed by atoms with Crippen LogP contribution in [0.3, 0.4) is 0 Å². The number of alkyl halides is 3. The van der Waals surface area contributed by atoms with Gasteiger partial charge in [0.25, 0.3) is 5.54 Å². The molecule has 0 aromatic heterocycles. The van der Waals surface area contributed by atoms with E-state index in [1.165, 1.54) is 19.1 Å². The summed E-state index contributed by atoms with van der Waals surface area (Å²) in [6.07, 6.45) is -5.26. The Kier molecular flexibility index (Phi) is 6.27. The van der Waals surface area contributed by atoms with Crippen LogP contribution in [0.15, 0.2) is 48.5 Å². The average Bonchev–Trinajstić information content (AvgIpc) is 2.61. The summed E-state index contributed by atoms with van der Waals surface area (Å²) in [4.78, 5) is 24.7. The van der Waals surface area contributed by atoms with Crippen molar-refractivity contribution in [3.05, 3.63) is 65.5 Å². The van der Waals surface area contributed by atoms with Gasteiger partial charge in [-0.25, -0.2) is 14.0 Å². The monoisotopic (exact) mass is 398 g/mol. The van der Waals surface area contributed by atoms with E-state index in [1.54, 1.807) is 24.4 Å². The number of carbonyl (C=O) groups excluding carboxylic acids is 2. The molecule has 2 N–H and O–H groups in total. The predicted octanol–water partition coefficient (Wildman–Crippen LogP) is 4.28. The Morgan fingerprint density at radius 3 is 2.07 bits per heavy atom. The van der Waals surface area contributed by atoms with E-state index in [-0.39, 0.29) is 12.3 Å². The van der Waals surface area contributed by atoms with Gasteiger partial charge in [-0.3, -0.25) is 0 Å². The maximum absolute atomic E-state index is 14.1. The van der Waals surface area contributed by atoms with E-state index in [0.717, 1.165) is 29.8 Å². The third-order valence-corrected chi connectivity index (χ3v) is 3.89. The molecule has 9 heteroatoms. The zero-order valence-electron chi connectivity index (χ0n) is 15.1. The first-order valence-electron chi connectivity index (χ1n) is 8.26. The van der Waals surface area contributed by atoms with Crippen LogP contribution in [0.25, 0.3) is 0 Å². The molecule has 0 saturated heterocycles. The Balaban J connectivity index is 2.46. The fourth-order valence-corrected chi connectivity index (χ4v) is 2.50. The van der Waals surface area contributed by atoms with E-state index in [1.807, 2.05) is 0 Å². The summed E-state index contributed by atoms with van der Waals surface area (Å²) in [5, 5.41) is 3.92. The van der Waals surface area contributed by atoms with Gasteiger partial charge in [-0.2, -0.15) is 13.2 Å². The number of amides is 2. The molecule has 0 spiro atoms. The molecule has 0 aliphatic rings. The molecule has 0 aliphatic carbocycles. The molecule has 0 saturated carbocycles. The Hall–Kier alpha value is -3.10. The molecule has 2 rings (SSSR count). The van der Waals surface area contributed by atoms with Gasteiger partial charge in [-0.05, 0) is 43.7 Å². The van der Waals surface area contributed by atoms with Crippen LogP contribution in [0.1, 0.15) is 18.1 Å². The molecule has 150 valence electrons. The fourth-order valence-electron chi connectivity index (χ4n) is 2.50. The minimum absolute atomic E-state index is 0.224. The van der Waals surface area contributed by atoms with Crippen LogP contribution in [-0.2, 0) is 15.1 Å². The van der Waals surface area contributed by atoms with Crippen molar-refractivity contribution in [1.29, 1.82) is 0 Å². The molecular formula is C19H18F4N2O3. The minimum Gasteiger partial charge on any atom is -0.464 e. The number of carbonyl (C=O) groups is 2. The lowest BCUT2D eigenvalue weighted by Crippen LogP contribution is -2.62. The number of esters is 1. The number of benzene rings is 2. The van der Waals surface area contributed by atoms with Crippen LogP contribution in [-0.4, -0.2) is 24.8 Å². The van der Waals surface area contributed by atoms with Gasteiger partial charge in [0.05, 0.1) is 6.61 Å². The lowest BCUT2D eigenvalue weighted by Gasteiger charge is -2.34. The zero-order chi connectivity index (χ0) is 20.9. The number of ether oxygens (including phenoxy) is 1. The summed E-state index contributed by atoms with van der Waals surface area (Å²) in [6, 6.07) is 8.06. The Morgan fingerprint density at radius 2 is 1.57 bits per heavy atom. The van der Waals surface area contributed by atoms with E-state index >= 15 is 0 Å². The van der Waals surface area contributed by atoms with Crippen molar-refractivity contribution >= 4 is 17.7 Å². The second-order valence-electron chi connectivity index (χ2n) is 5.92. The Bertz CT molecular complexity index is 836. The number of nitrogens with one attached hydrogen (secondary N) is 2. The SMILES string of the molecule is CCOC(=O)[C@](NC(=O)Nc1ccc(C)cc1)(c1ccc(F)cc1)C(F)(F)F. The maximum atomic E-state index is 14.1. The number of hydrogen-bond acceptors (Lipinski definition) is 3. The van der Waals surface area contributed by atoms with Crippen molar-refractivity contribution < 1.29 is 31.9 Å². The smallest absolute Gasteiger partial charge is 0.426 e. The summed E-state index contributed by atoms with van der Waals surface area (Å²) < 4.78 is 59.9. The van der Waals surface area contributed by atoms with Crippen molar-refractivity contribution in [1.82, 2.24) is 5.32 Å². The predicted molar refractivity (Wildman–Crippen MR) is 94.1 cm³/mol. The molecule has 2 amide bonds. The number of hydrogen-bond donors (Lipinski definition) is 2. The van der Waals surface area contributed by atoms with Gasteiger partial charge in [-0.1, -0.05) is 29.8 Å². The van der Waals surface area contributed by atoms with E-state index < -0.39 is 35.1 Å². The third kappa shape index (κ3) is 4.41. The van der Waals surface area contributed by atoms with Crippen LogP contribution in [0.2, 0.25) is 0 Å². The number of anilines is 1. The normalized spacial score (nSPS) is 13.4. The molecular weight excluding hydrogens is 380 g/mol. The van der Waals surface area contributed by atoms with Crippen molar-refractivity contribution in [2.75, 3.05) is 11.9 Å². The van der Waals surface area contributed by atoms with Crippen LogP contribution in [0.4, 0.5) is 28.0 Å². The molecule has 1 atom stereocenters. The standard InChI is InChI=1S/C19H18F4N2O3/c1-3-28-16(26)18(19(21,22)23,13-6-8-14(20)9-7-13)25-17(27)24-15-10-4-12(2)5-11-15/h4-11H,3H2,1-2H3,(H2,24,25,27)/t18-/m1/s1. The fraction of sp³-hybridized carbons (Fsp3) is 0.263. The summed E-state index contributed by atoms with van der Waals surface area (Å²) >= 11 is 0. The molecule has 2 aromatic rings. The molecule has 28 heavy (non-hydrogen) atoms. The molecule has 2 aromatic carbocycles. The number of aryl methyl sites for hydroxylation is 1. The Morgan fingerprint density at radius 1 is 1.00 bits per heavy atom. The minimum atomic E-state index is -5.26. The maximum Gasteiger partial charge on any atom is 0.426 e. The van der Waals surface area contributed by atoms with Crippen molar-refractivity contribution in [2.45, 2.75) is 25.6 Å². The van der Waals surface area contributed by atoms with Crippen molar-refractivity contribution in [3.8, 4) is 0 Å². The van der Waals surface area contributed by atoms with Gasteiger partial charge in [0, 0.05) is 5.69 Å². The summed E-state index contributed by atoms with van der Waals surface area (Å²) in [7, 11) is 0. The topological polar surface area (TPSA) is 67.4 Å². The van der Waals surface area contributed by atoms with Crippen LogP contribution in [0.5, 0.6) is 0 Å². The molecule has 0 radical (unpaired) electrons. The second kappa shape index (κ2) is 8.28. The lowest BCUT2D eigenvalue weighted by molar-refractivity contribution is -0.213. The lowest BCUT2D eigenvalue weighted by atomic mass is 9.89. The first-order chi connectivity index (χ1) is 13.1. The number of halogens is 4. The van der Waals surface area contributed by atoms with Gasteiger partial charge >= 0.3 is 18.2 Å². The van der Waals surface area contributed by atoms with E-state index in [4.69, 9.17) is 0 Å². The highest BCUT2D eigenvalue weighted by molar-refractivity contribution is 5.95. The zero-order valence-corrected chi connectivity index (χ0v) is 15.1.